The molecule has 5 nitrogen and oxygen atoms in total. The van der Waals surface area contributed by atoms with Crippen LogP contribution in [0.5, 0.6) is 5.75 Å². The minimum atomic E-state index is -0.391. The van der Waals surface area contributed by atoms with Crippen LogP contribution in [0.4, 0.5) is 10.5 Å². The van der Waals surface area contributed by atoms with Crippen LogP contribution >= 0.6 is 31.9 Å². The topological polar surface area (TPSA) is 62.7 Å². The summed E-state index contributed by atoms with van der Waals surface area (Å²) >= 11 is 6.97. The first-order valence-electron chi connectivity index (χ1n) is 9.25. The quantitative estimate of drug-likeness (QED) is 0.280. The number of hydrogen-bond acceptors (Lipinski definition) is 3. The van der Waals surface area contributed by atoms with Crippen molar-refractivity contribution in [1.82, 2.24) is 5.43 Å². The number of hydrogen-bond donors (Lipinski definition) is 2. The lowest BCUT2D eigenvalue weighted by Gasteiger charge is -2.09. The van der Waals surface area contributed by atoms with E-state index in [4.69, 9.17) is 4.74 Å². The van der Waals surface area contributed by atoms with Crippen LogP contribution in [-0.2, 0) is 6.61 Å². The molecule has 0 bridgehead atoms. The zero-order valence-electron chi connectivity index (χ0n) is 16.6. The van der Waals surface area contributed by atoms with Gasteiger partial charge in [-0.3, -0.25) is 0 Å². The molecular weight excluding hydrogens is 510 g/mol. The highest BCUT2D eigenvalue weighted by atomic mass is 79.9. The summed E-state index contributed by atoms with van der Waals surface area (Å²) in [6.45, 7) is 4.42. The number of hydrazone groups is 1. The molecule has 0 fully saturated rings. The maximum absolute atomic E-state index is 12.0. The third kappa shape index (κ3) is 6.43. The Morgan fingerprint density at radius 2 is 1.80 bits per heavy atom. The molecule has 2 amide bonds. The number of anilines is 1. The van der Waals surface area contributed by atoms with Gasteiger partial charge in [0.2, 0.25) is 0 Å². The number of amides is 2. The highest BCUT2D eigenvalue weighted by molar-refractivity contribution is 9.11. The molecule has 0 aliphatic carbocycles. The van der Waals surface area contributed by atoms with Gasteiger partial charge in [0.15, 0.2) is 0 Å². The van der Waals surface area contributed by atoms with Crippen LogP contribution in [0, 0.1) is 13.8 Å². The number of rotatable bonds is 6. The highest BCUT2D eigenvalue weighted by Gasteiger charge is 2.04. The minimum absolute atomic E-state index is 0.391. The monoisotopic (exact) mass is 529 g/mol. The average Bonchev–Trinajstić information content (AvgIpc) is 2.70. The Bertz CT molecular complexity index is 1070. The maximum Gasteiger partial charge on any atom is 0.339 e. The summed E-state index contributed by atoms with van der Waals surface area (Å²) in [7, 11) is 0. The van der Waals surface area contributed by atoms with Crippen molar-refractivity contribution in [3.05, 3.63) is 91.9 Å². The lowest BCUT2D eigenvalue weighted by molar-refractivity contribution is 0.252. The highest BCUT2D eigenvalue weighted by Crippen LogP contribution is 2.23. The molecule has 3 aromatic rings. The van der Waals surface area contributed by atoms with Crippen molar-refractivity contribution in [1.29, 1.82) is 0 Å². The van der Waals surface area contributed by atoms with Gasteiger partial charge in [0, 0.05) is 20.2 Å². The van der Waals surface area contributed by atoms with E-state index in [0.29, 0.717) is 6.61 Å². The molecule has 0 aliphatic rings. The SMILES string of the molecule is Cc1ccc(NC(=O)N/N=C/c2ccc(OCc3ccc(Br)cc3Br)cc2)c(C)c1. The maximum atomic E-state index is 12.0. The molecule has 30 heavy (non-hydrogen) atoms. The van der Waals surface area contributed by atoms with Crippen LogP contribution < -0.4 is 15.5 Å². The van der Waals surface area contributed by atoms with Gasteiger partial charge in [-0.25, -0.2) is 10.2 Å². The number of ether oxygens (including phenoxy) is 1. The second-order valence-electron chi connectivity index (χ2n) is 6.74. The predicted molar refractivity (Wildman–Crippen MR) is 128 cm³/mol. The molecule has 0 aromatic heterocycles. The second-order valence-corrected chi connectivity index (χ2v) is 8.51. The number of benzene rings is 3. The van der Waals surface area contributed by atoms with E-state index < -0.39 is 6.03 Å². The van der Waals surface area contributed by atoms with E-state index in [1.807, 2.05) is 74.5 Å². The third-order valence-electron chi connectivity index (χ3n) is 4.30. The first-order valence-corrected chi connectivity index (χ1v) is 10.8. The molecule has 0 unspecified atom stereocenters. The molecule has 7 heteroatoms. The number of halogens is 2. The van der Waals surface area contributed by atoms with Gasteiger partial charge in [-0.05, 0) is 67.4 Å². The smallest absolute Gasteiger partial charge is 0.339 e. The summed E-state index contributed by atoms with van der Waals surface area (Å²) in [4.78, 5) is 12.0. The van der Waals surface area contributed by atoms with E-state index in [1.54, 1.807) is 6.21 Å². The van der Waals surface area contributed by atoms with Crippen LogP contribution in [0.15, 0.2) is 74.7 Å². The fourth-order valence-electron chi connectivity index (χ4n) is 2.72. The van der Waals surface area contributed by atoms with Crippen molar-refractivity contribution in [3.63, 3.8) is 0 Å². The zero-order valence-corrected chi connectivity index (χ0v) is 19.7. The lowest BCUT2D eigenvalue weighted by Crippen LogP contribution is -2.24. The largest absolute Gasteiger partial charge is 0.489 e. The van der Waals surface area contributed by atoms with E-state index in [2.05, 4.69) is 47.7 Å². The molecule has 0 atom stereocenters. The molecule has 0 radical (unpaired) electrons. The zero-order chi connectivity index (χ0) is 21.5. The summed E-state index contributed by atoms with van der Waals surface area (Å²) in [5.41, 5.74) is 7.28. The molecule has 3 aromatic carbocycles. The number of urea groups is 1. The molecule has 0 spiro atoms. The summed E-state index contributed by atoms with van der Waals surface area (Å²) in [5, 5.41) is 6.77. The Morgan fingerprint density at radius 3 is 2.50 bits per heavy atom. The predicted octanol–water partition coefficient (Wildman–Crippen LogP) is 6.56. The molecular formula is C23H21Br2N3O2. The molecule has 0 saturated carbocycles. The molecule has 0 aliphatic heterocycles. The van der Waals surface area contributed by atoms with Crippen molar-refractivity contribution in [2.24, 2.45) is 5.10 Å². The van der Waals surface area contributed by atoms with E-state index in [0.717, 1.165) is 42.6 Å². The number of aryl methyl sites for hydroxylation is 2. The van der Waals surface area contributed by atoms with E-state index in [1.165, 1.54) is 0 Å². The summed E-state index contributed by atoms with van der Waals surface area (Å²) < 4.78 is 7.83. The molecule has 0 saturated heterocycles. The van der Waals surface area contributed by atoms with Gasteiger partial charge >= 0.3 is 6.03 Å². The van der Waals surface area contributed by atoms with Crippen molar-refractivity contribution < 1.29 is 9.53 Å². The normalized spacial score (nSPS) is 10.8. The number of nitrogens with one attached hydrogen (secondary N) is 2. The van der Waals surface area contributed by atoms with Crippen LogP contribution in [0.3, 0.4) is 0 Å². The van der Waals surface area contributed by atoms with E-state index >= 15 is 0 Å². The van der Waals surface area contributed by atoms with Gasteiger partial charge in [-0.1, -0.05) is 55.6 Å². The number of carbonyl (C=O) groups is 1. The molecule has 3 rings (SSSR count). The fourth-order valence-corrected chi connectivity index (χ4v) is 3.88. The van der Waals surface area contributed by atoms with Crippen molar-refractivity contribution >= 4 is 49.8 Å². The molecule has 154 valence electrons. The number of nitrogens with zero attached hydrogens (tertiary/aromatic N) is 1. The van der Waals surface area contributed by atoms with E-state index in [9.17, 15) is 4.79 Å². The van der Waals surface area contributed by atoms with Crippen molar-refractivity contribution in [2.75, 3.05) is 5.32 Å². The van der Waals surface area contributed by atoms with Gasteiger partial charge in [0.25, 0.3) is 0 Å². The summed E-state index contributed by atoms with van der Waals surface area (Å²) in [6.07, 6.45) is 1.58. The first kappa shape index (κ1) is 22.1. The number of carbonyl (C=O) groups excluding carboxylic acids is 1. The van der Waals surface area contributed by atoms with Crippen LogP contribution in [0.1, 0.15) is 22.3 Å². The lowest BCUT2D eigenvalue weighted by atomic mass is 10.1. The summed E-state index contributed by atoms with van der Waals surface area (Å²) in [6, 6.07) is 18.9. The first-order chi connectivity index (χ1) is 14.4. The van der Waals surface area contributed by atoms with Gasteiger partial charge in [-0.15, -0.1) is 0 Å². The van der Waals surface area contributed by atoms with Gasteiger partial charge in [0.1, 0.15) is 12.4 Å². The Kier molecular flexibility index (Phi) is 7.65. The molecule has 0 heterocycles. The van der Waals surface area contributed by atoms with E-state index in [-0.39, 0.29) is 0 Å². The van der Waals surface area contributed by atoms with Gasteiger partial charge in [0.05, 0.1) is 6.21 Å². The molecule has 2 N–H and O–H groups in total. The summed E-state index contributed by atoms with van der Waals surface area (Å²) in [5.74, 6) is 0.752. The standard InChI is InChI=1S/C23H21Br2N3O2/c1-15-3-10-22(16(2)11-15)27-23(29)28-26-13-17-4-8-20(9-5-17)30-14-18-6-7-19(24)12-21(18)25/h3-13H,14H2,1-2H3,(H2,27,28,29)/b26-13+. The second kappa shape index (κ2) is 10.4. The minimum Gasteiger partial charge on any atom is -0.489 e. The van der Waals surface area contributed by atoms with Crippen LogP contribution in [0.2, 0.25) is 0 Å². The van der Waals surface area contributed by atoms with Gasteiger partial charge < -0.3 is 10.1 Å². The Balaban J connectivity index is 1.49. The van der Waals surface area contributed by atoms with Gasteiger partial charge in [-0.2, -0.15) is 5.10 Å². The Morgan fingerprint density at radius 1 is 1.03 bits per heavy atom. The van der Waals surface area contributed by atoms with Crippen LogP contribution in [-0.4, -0.2) is 12.2 Å². The van der Waals surface area contributed by atoms with Crippen molar-refractivity contribution in [3.8, 4) is 5.75 Å². The Labute approximate surface area is 192 Å². The Hall–Kier alpha value is -2.64. The van der Waals surface area contributed by atoms with Crippen LogP contribution in [0.25, 0.3) is 0 Å². The average molecular weight is 531 g/mol. The third-order valence-corrected chi connectivity index (χ3v) is 5.53. The fraction of sp³-hybridized carbons (Fsp3) is 0.130. The van der Waals surface area contributed by atoms with Crippen molar-refractivity contribution in [2.45, 2.75) is 20.5 Å².